The van der Waals surface area contributed by atoms with Gasteiger partial charge in [0.2, 0.25) is 5.90 Å². The van der Waals surface area contributed by atoms with Crippen molar-refractivity contribution in [2.45, 2.75) is 83.6 Å². The third kappa shape index (κ3) is 9.56. The Kier molecular flexibility index (Phi) is 22.3. The van der Waals surface area contributed by atoms with Gasteiger partial charge in [-0.1, -0.05) is 95.0 Å². The molecule has 1 aliphatic heterocycles. The predicted molar refractivity (Wildman–Crippen MR) is 133 cm³/mol. The number of nitrogens with zero attached hydrogens (tertiary/aromatic N) is 1. The number of benzene rings is 2. The molecule has 0 aromatic heterocycles. The van der Waals surface area contributed by atoms with Crippen LogP contribution in [0.4, 0.5) is 5.69 Å². The Bertz CT molecular complexity index is 688. The van der Waals surface area contributed by atoms with Crippen molar-refractivity contribution in [2.75, 3.05) is 0 Å². The number of aliphatic imine (C=N–C) groups is 1. The van der Waals surface area contributed by atoms with Crippen molar-refractivity contribution < 1.29 is 9.53 Å². The number of aryl methyl sites for hydroxylation is 1. The van der Waals surface area contributed by atoms with Gasteiger partial charge >= 0.3 is 5.97 Å². The van der Waals surface area contributed by atoms with Crippen LogP contribution in [0.25, 0.3) is 0 Å². The number of carbonyl (C=O) groups excluding carboxylic acids is 1. The van der Waals surface area contributed by atoms with Crippen LogP contribution in [0.2, 0.25) is 0 Å². The van der Waals surface area contributed by atoms with Crippen LogP contribution >= 0.6 is 0 Å². The second-order valence-corrected chi connectivity index (χ2v) is 5.12. The first kappa shape index (κ1) is 34.1. The van der Waals surface area contributed by atoms with Crippen molar-refractivity contribution in [3.8, 4) is 0 Å². The smallest absolute Gasteiger partial charge is 0.345 e. The molecule has 0 fully saturated rings. The van der Waals surface area contributed by atoms with Gasteiger partial charge in [0.1, 0.15) is 0 Å². The van der Waals surface area contributed by atoms with E-state index in [0.717, 1.165) is 17.7 Å². The Morgan fingerprint density at radius 1 is 0.793 bits per heavy atom. The van der Waals surface area contributed by atoms with Crippen LogP contribution in [-0.2, 0) is 11.2 Å². The Morgan fingerprint density at radius 2 is 1.31 bits per heavy atom. The van der Waals surface area contributed by atoms with Crippen LogP contribution in [0.5, 0.6) is 0 Å². The third-order valence-electron chi connectivity index (χ3n) is 3.55. The summed E-state index contributed by atoms with van der Waals surface area (Å²) in [6, 6.07) is 15.4. The summed E-state index contributed by atoms with van der Waals surface area (Å²) >= 11 is 0. The molecule has 3 rings (SSSR count). The molecule has 0 saturated carbocycles. The molecule has 0 N–H and O–H groups in total. The number of hydrogen-bond acceptors (Lipinski definition) is 3. The molecule has 0 radical (unpaired) electrons. The Morgan fingerprint density at radius 3 is 1.83 bits per heavy atom. The molecule has 2 aromatic carbocycles. The largest absolute Gasteiger partial charge is 0.403 e. The molecule has 0 atom stereocenters. The normalized spacial score (nSPS) is 11.3. The molecule has 1 heterocycles. The van der Waals surface area contributed by atoms with E-state index in [9.17, 15) is 4.79 Å². The van der Waals surface area contributed by atoms with Gasteiger partial charge in [-0.15, -0.1) is 0 Å². The monoisotopic (exact) mass is 403 g/mol. The van der Waals surface area contributed by atoms with E-state index in [0.29, 0.717) is 11.5 Å². The van der Waals surface area contributed by atoms with E-state index in [-0.39, 0.29) is 35.7 Å². The lowest BCUT2D eigenvalue weighted by Gasteiger charge is -2.01. The van der Waals surface area contributed by atoms with Crippen molar-refractivity contribution in [1.82, 2.24) is 0 Å². The zero-order valence-electron chi connectivity index (χ0n) is 16.0. The lowest BCUT2D eigenvalue weighted by atomic mass is 10.1. The van der Waals surface area contributed by atoms with Gasteiger partial charge in [-0.25, -0.2) is 9.79 Å². The maximum absolute atomic E-state index is 11.7. The quantitative estimate of drug-likeness (QED) is 0.478. The van der Waals surface area contributed by atoms with Gasteiger partial charge in [-0.05, 0) is 42.7 Å². The van der Waals surface area contributed by atoms with E-state index in [1.165, 1.54) is 18.4 Å². The third-order valence-corrected chi connectivity index (χ3v) is 3.55. The van der Waals surface area contributed by atoms with Crippen molar-refractivity contribution in [3.05, 3.63) is 65.2 Å². The average Bonchev–Trinajstić information content (AvgIpc) is 3.00. The number of rotatable bonds is 4. The van der Waals surface area contributed by atoms with Gasteiger partial charge in [0.05, 0.1) is 16.8 Å². The highest BCUT2D eigenvalue weighted by molar-refractivity contribution is 6.17. The van der Waals surface area contributed by atoms with Crippen LogP contribution in [0, 0.1) is 0 Å². The molecular weight excluding hydrogens is 358 g/mol. The Hall–Kier alpha value is -2.42. The summed E-state index contributed by atoms with van der Waals surface area (Å²) in [7, 11) is 0. The summed E-state index contributed by atoms with van der Waals surface area (Å²) in [6.07, 6.45) is 3.47. The van der Waals surface area contributed by atoms with Gasteiger partial charge in [0, 0.05) is 0 Å². The standard InChI is InChI=1S/C18H17NO2.2C2H6.4CH4/c1-2-3-6-13-9-11-14(12-10-13)19-17-15-7-4-5-8-16(15)18(20)21-17;2*1-2;;;;/h4-5,7-12H,2-3,6H2,1H3;2*1-2H3;4*1H4. The zero-order chi connectivity index (χ0) is 18.7. The van der Waals surface area contributed by atoms with Crippen LogP contribution in [0.15, 0.2) is 53.5 Å². The maximum Gasteiger partial charge on any atom is 0.345 e. The molecule has 0 saturated heterocycles. The highest BCUT2D eigenvalue weighted by Crippen LogP contribution is 2.23. The number of fused-ring (bicyclic) bond motifs is 1. The molecule has 0 amide bonds. The van der Waals surface area contributed by atoms with Crippen molar-refractivity contribution in [2.24, 2.45) is 4.99 Å². The minimum atomic E-state index is -0.330. The van der Waals surface area contributed by atoms with Gasteiger partial charge in [-0.2, -0.15) is 0 Å². The summed E-state index contributed by atoms with van der Waals surface area (Å²) in [5, 5.41) is 0. The Labute approximate surface area is 181 Å². The molecule has 0 unspecified atom stereocenters. The van der Waals surface area contributed by atoms with Crippen LogP contribution in [-0.4, -0.2) is 11.9 Å². The second kappa shape index (κ2) is 18.9. The van der Waals surface area contributed by atoms with Crippen LogP contribution < -0.4 is 0 Å². The van der Waals surface area contributed by atoms with Crippen LogP contribution in [0.3, 0.4) is 0 Å². The highest BCUT2D eigenvalue weighted by Gasteiger charge is 2.27. The van der Waals surface area contributed by atoms with Gasteiger partial charge < -0.3 is 4.74 Å². The number of esters is 1. The second-order valence-electron chi connectivity index (χ2n) is 5.12. The number of ether oxygens (including phenoxy) is 1. The summed E-state index contributed by atoms with van der Waals surface area (Å²) in [5.74, 6) is 0.0563. The predicted octanol–water partition coefficient (Wildman–Crippen LogP) is 8.87. The summed E-state index contributed by atoms with van der Waals surface area (Å²) in [5.41, 5.74) is 3.45. The summed E-state index contributed by atoms with van der Waals surface area (Å²) < 4.78 is 5.24. The van der Waals surface area contributed by atoms with Gasteiger partial charge in [0.25, 0.3) is 0 Å². The molecule has 166 valence electrons. The fourth-order valence-electron chi connectivity index (χ4n) is 2.36. The topological polar surface area (TPSA) is 38.7 Å². The van der Waals surface area contributed by atoms with Crippen molar-refractivity contribution in [3.63, 3.8) is 0 Å². The minimum Gasteiger partial charge on any atom is -0.403 e. The first-order valence-corrected chi connectivity index (χ1v) is 9.27. The fraction of sp³-hybridized carbons (Fsp3) is 0.462. The van der Waals surface area contributed by atoms with E-state index in [4.69, 9.17) is 4.74 Å². The summed E-state index contributed by atoms with van der Waals surface area (Å²) in [4.78, 5) is 16.2. The fourth-order valence-corrected chi connectivity index (χ4v) is 2.36. The first-order valence-electron chi connectivity index (χ1n) is 9.27. The molecule has 0 spiro atoms. The van der Waals surface area contributed by atoms with Gasteiger partial charge in [-0.3, -0.25) is 0 Å². The van der Waals surface area contributed by atoms with Crippen LogP contribution in [0.1, 0.15) is 98.7 Å². The molecular formula is C26H45NO2. The van der Waals surface area contributed by atoms with Gasteiger partial charge in [0.15, 0.2) is 0 Å². The lowest BCUT2D eigenvalue weighted by Crippen LogP contribution is -1.99. The van der Waals surface area contributed by atoms with E-state index in [1.54, 1.807) is 6.07 Å². The minimum absolute atomic E-state index is 0. The number of unbranched alkanes of at least 4 members (excludes halogenated alkanes) is 1. The molecule has 29 heavy (non-hydrogen) atoms. The van der Waals surface area contributed by atoms with E-state index in [2.05, 4.69) is 24.0 Å². The Balaban J connectivity index is -0.000000369. The van der Waals surface area contributed by atoms with Crippen molar-refractivity contribution in [1.29, 1.82) is 0 Å². The SMILES string of the molecule is C.C.C.C.CC.CC.CCCCc1ccc(N=C2OC(=O)c3ccccc32)cc1. The lowest BCUT2D eigenvalue weighted by molar-refractivity contribution is 0.0737. The molecule has 1 aliphatic rings. The van der Waals surface area contributed by atoms with Crippen molar-refractivity contribution >= 4 is 17.6 Å². The first-order chi connectivity index (χ1) is 12.3. The average molecular weight is 404 g/mol. The molecule has 2 aromatic rings. The van der Waals surface area contributed by atoms with E-state index >= 15 is 0 Å². The number of hydrogen-bond donors (Lipinski definition) is 0. The zero-order valence-corrected chi connectivity index (χ0v) is 16.0. The highest BCUT2D eigenvalue weighted by atomic mass is 16.5. The molecule has 3 heteroatoms. The van der Waals surface area contributed by atoms with E-state index in [1.807, 2.05) is 58.0 Å². The number of carbonyl (C=O) groups is 1. The maximum atomic E-state index is 11.7. The molecule has 3 nitrogen and oxygen atoms in total. The molecule has 0 aliphatic carbocycles. The number of cyclic esters (lactones) is 1. The molecule has 0 bridgehead atoms. The van der Waals surface area contributed by atoms with E-state index < -0.39 is 0 Å². The summed E-state index contributed by atoms with van der Waals surface area (Å²) in [6.45, 7) is 10.2.